The summed E-state index contributed by atoms with van der Waals surface area (Å²) in [7, 11) is 1.43. The average molecular weight is 228 g/mol. The fourth-order valence-electron chi connectivity index (χ4n) is 1.08. The minimum atomic E-state index is -0.644. The molecule has 90 valence electrons. The molecule has 2 N–H and O–H groups in total. The number of nitrogens with one attached hydrogen (secondary N) is 1. The van der Waals surface area contributed by atoms with Crippen molar-refractivity contribution in [1.82, 2.24) is 4.57 Å². The third kappa shape index (κ3) is 3.16. The van der Waals surface area contributed by atoms with Gasteiger partial charge in [-0.2, -0.15) is 0 Å². The minimum absolute atomic E-state index is 0.214. The second-order valence-corrected chi connectivity index (χ2v) is 4.24. The molecule has 0 atom stereocenters. The summed E-state index contributed by atoms with van der Waals surface area (Å²) < 4.78 is 6.08. The first kappa shape index (κ1) is 12.4. The number of carbonyl (C=O) groups is 1. The molecule has 6 heteroatoms. The Morgan fingerprint density at radius 1 is 1.50 bits per heavy atom. The summed E-state index contributed by atoms with van der Waals surface area (Å²) in [5.74, 6) is -0.214. The van der Waals surface area contributed by atoms with Gasteiger partial charge >= 0.3 is 6.09 Å². The van der Waals surface area contributed by atoms with E-state index in [1.165, 1.54) is 19.4 Å². The van der Waals surface area contributed by atoms with E-state index in [2.05, 4.69) is 10.3 Å². The molecule has 0 amide bonds. The van der Waals surface area contributed by atoms with Gasteiger partial charge in [0.1, 0.15) is 5.60 Å². The van der Waals surface area contributed by atoms with Gasteiger partial charge in [-0.25, -0.2) is 9.36 Å². The number of carbonyl (C=O) groups excluding carboxylic acids is 1. The van der Waals surface area contributed by atoms with E-state index in [1.54, 1.807) is 20.8 Å². The SMILES string of the molecule is CONc1cc(O)n(C(=O)OC(C)(C)C)c1. The van der Waals surface area contributed by atoms with Crippen molar-refractivity contribution in [1.29, 1.82) is 0 Å². The van der Waals surface area contributed by atoms with Gasteiger partial charge in [0.05, 0.1) is 12.8 Å². The van der Waals surface area contributed by atoms with E-state index in [0.29, 0.717) is 5.69 Å². The third-order valence-electron chi connectivity index (χ3n) is 1.61. The van der Waals surface area contributed by atoms with Crippen LogP contribution < -0.4 is 5.48 Å². The van der Waals surface area contributed by atoms with Crippen molar-refractivity contribution in [3.63, 3.8) is 0 Å². The molecular formula is C10H16N2O4. The van der Waals surface area contributed by atoms with Crippen LogP contribution in [-0.4, -0.2) is 28.5 Å². The molecule has 6 nitrogen and oxygen atoms in total. The predicted molar refractivity (Wildman–Crippen MR) is 58.4 cm³/mol. The van der Waals surface area contributed by atoms with Gasteiger partial charge in [-0.3, -0.25) is 10.3 Å². The quantitative estimate of drug-likeness (QED) is 0.757. The molecule has 0 fully saturated rings. The van der Waals surface area contributed by atoms with Crippen molar-refractivity contribution in [2.75, 3.05) is 12.6 Å². The Hall–Kier alpha value is -1.69. The molecule has 0 aromatic carbocycles. The van der Waals surface area contributed by atoms with E-state index < -0.39 is 11.7 Å². The molecule has 0 unspecified atom stereocenters. The van der Waals surface area contributed by atoms with Crippen LogP contribution in [0.3, 0.4) is 0 Å². The highest BCUT2D eigenvalue weighted by molar-refractivity contribution is 5.75. The maximum absolute atomic E-state index is 11.6. The summed E-state index contributed by atoms with van der Waals surface area (Å²) in [6.07, 6.45) is 0.738. The van der Waals surface area contributed by atoms with Crippen molar-refractivity contribution in [2.24, 2.45) is 0 Å². The first-order chi connectivity index (χ1) is 7.33. The molecule has 1 heterocycles. The van der Waals surface area contributed by atoms with Crippen LogP contribution in [0.15, 0.2) is 12.3 Å². The van der Waals surface area contributed by atoms with Gasteiger partial charge in [-0.1, -0.05) is 0 Å². The molecule has 0 radical (unpaired) electrons. The maximum atomic E-state index is 11.6. The van der Waals surface area contributed by atoms with Crippen LogP contribution in [0, 0.1) is 0 Å². The van der Waals surface area contributed by atoms with Crippen molar-refractivity contribution in [2.45, 2.75) is 26.4 Å². The molecule has 0 aliphatic carbocycles. The second-order valence-electron chi connectivity index (χ2n) is 4.24. The van der Waals surface area contributed by atoms with E-state index in [4.69, 9.17) is 4.74 Å². The second kappa shape index (κ2) is 4.44. The molecule has 1 rings (SSSR count). The van der Waals surface area contributed by atoms with Gasteiger partial charge in [0.15, 0.2) is 0 Å². The highest BCUT2D eigenvalue weighted by Gasteiger charge is 2.20. The van der Waals surface area contributed by atoms with Crippen molar-refractivity contribution in [3.05, 3.63) is 12.3 Å². The number of hydrogen-bond acceptors (Lipinski definition) is 5. The van der Waals surface area contributed by atoms with Gasteiger partial charge in [0.25, 0.3) is 0 Å². The number of ether oxygens (including phenoxy) is 1. The summed E-state index contributed by atoms with van der Waals surface area (Å²) in [6, 6.07) is 1.35. The van der Waals surface area contributed by atoms with Crippen molar-refractivity contribution in [3.8, 4) is 5.88 Å². The van der Waals surface area contributed by atoms with Crippen LogP contribution in [-0.2, 0) is 9.57 Å². The van der Waals surface area contributed by atoms with E-state index >= 15 is 0 Å². The van der Waals surface area contributed by atoms with E-state index in [0.717, 1.165) is 4.57 Å². The Morgan fingerprint density at radius 2 is 2.12 bits per heavy atom. The molecule has 16 heavy (non-hydrogen) atoms. The number of aromatic nitrogens is 1. The van der Waals surface area contributed by atoms with Crippen molar-refractivity contribution < 1.29 is 19.5 Å². The van der Waals surface area contributed by atoms with Gasteiger partial charge in [0, 0.05) is 12.3 Å². The molecule has 0 aliphatic rings. The zero-order chi connectivity index (χ0) is 12.3. The molecule has 0 saturated carbocycles. The number of hydrogen-bond donors (Lipinski definition) is 2. The summed E-state index contributed by atoms with van der Waals surface area (Å²) in [4.78, 5) is 16.3. The van der Waals surface area contributed by atoms with Crippen LogP contribution in [0.1, 0.15) is 20.8 Å². The standard InChI is InChI=1S/C10H16N2O4/c1-10(2,3)16-9(14)12-6-7(11-15-4)5-8(12)13/h5-6,11,13H,1-4H3. The van der Waals surface area contributed by atoms with Crippen LogP contribution in [0.5, 0.6) is 5.88 Å². The van der Waals surface area contributed by atoms with Gasteiger partial charge in [-0.05, 0) is 20.8 Å². The lowest BCUT2D eigenvalue weighted by atomic mass is 10.2. The molecule has 1 aromatic rings. The third-order valence-corrected chi connectivity index (χ3v) is 1.61. The zero-order valence-corrected chi connectivity index (χ0v) is 9.77. The minimum Gasteiger partial charge on any atom is -0.494 e. The Balaban J connectivity index is 2.83. The number of rotatable bonds is 2. The Morgan fingerprint density at radius 3 is 2.62 bits per heavy atom. The monoisotopic (exact) mass is 228 g/mol. The van der Waals surface area contributed by atoms with E-state index in [9.17, 15) is 9.90 Å². The highest BCUT2D eigenvalue weighted by Crippen LogP contribution is 2.21. The Kier molecular flexibility index (Phi) is 3.44. The summed E-state index contributed by atoms with van der Waals surface area (Å²) in [5.41, 5.74) is 2.35. The normalized spacial score (nSPS) is 11.2. The zero-order valence-electron chi connectivity index (χ0n) is 9.77. The fourth-order valence-corrected chi connectivity index (χ4v) is 1.08. The summed E-state index contributed by atoms with van der Waals surface area (Å²) in [5, 5.41) is 9.49. The summed E-state index contributed by atoms with van der Waals surface area (Å²) in [6.45, 7) is 5.25. The number of nitrogens with zero attached hydrogens (tertiary/aromatic N) is 1. The molecule has 0 aliphatic heterocycles. The first-order valence-electron chi connectivity index (χ1n) is 4.77. The topological polar surface area (TPSA) is 72.7 Å². The van der Waals surface area contributed by atoms with Gasteiger partial charge in [0.2, 0.25) is 5.88 Å². The van der Waals surface area contributed by atoms with E-state index in [1.807, 2.05) is 0 Å². The lowest BCUT2D eigenvalue weighted by molar-refractivity contribution is 0.0526. The maximum Gasteiger partial charge on any atom is 0.421 e. The van der Waals surface area contributed by atoms with Crippen LogP contribution in [0.2, 0.25) is 0 Å². The number of aromatic hydroxyl groups is 1. The van der Waals surface area contributed by atoms with Crippen LogP contribution in [0.25, 0.3) is 0 Å². The smallest absolute Gasteiger partial charge is 0.421 e. The first-order valence-corrected chi connectivity index (χ1v) is 4.77. The van der Waals surface area contributed by atoms with Crippen LogP contribution >= 0.6 is 0 Å². The van der Waals surface area contributed by atoms with Crippen molar-refractivity contribution >= 4 is 11.8 Å². The average Bonchev–Trinajstić information content (AvgIpc) is 2.44. The van der Waals surface area contributed by atoms with Gasteiger partial charge in [-0.15, -0.1) is 0 Å². The lowest BCUT2D eigenvalue weighted by Crippen LogP contribution is -2.26. The fraction of sp³-hybridized carbons (Fsp3) is 0.500. The number of anilines is 1. The predicted octanol–water partition coefficient (Wildman–Crippen LogP) is 1.95. The van der Waals surface area contributed by atoms with Crippen LogP contribution in [0.4, 0.5) is 10.5 Å². The molecule has 0 saturated heterocycles. The molecular weight excluding hydrogens is 212 g/mol. The highest BCUT2D eigenvalue weighted by atomic mass is 16.6. The van der Waals surface area contributed by atoms with Gasteiger partial charge < -0.3 is 9.84 Å². The molecule has 0 spiro atoms. The summed E-state index contributed by atoms with van der Waals surface area (Å²) >= 11 is 0. The Bertz CT molecular complexity index is 379. The Labute approximate surface area is 93.7 Å². The molecule has 0 bridgehead atoms. The largest absolute Gasteiger partial charge is 0.494 e. The molecule has 1 aromatic heterocycles. The lowest BCUT2D eigenvalue weighted by Gasteiger charge is -2.19. The van der Waals surface area contributed by atoms with E-state index in [-0.39, 0.29) is 5.88 Å².